The predicted molar refractivity (Wildman–Crippen MR) is 103 cm³/mol. The van der Waals surface area contributed by atoms with E-state index < -0.39 is 18.0 Å². The van der Waals surface area contributed by atoms with Gasteiger partial charge in [-0.15, -0.1) is 11.3 Å². The summed E-state index contributed by atoms with van der Waals surface area (Å²) < 4.78 is 5.17. The zero-order valence-electron chi connectivity index (χ0n) is 15.2. The van der Waals surface area contributed by atoms with Gasteiger partial charge in [0.15, 0.2) is 11.2 Å². The van der Waals surface area contributed by atoms with E-state index in [4.69, 9.17) is 10.00 Å². The number of rotatable bonds is 6. The number of carbonyl (C=O) groups is 3. The Morgan fingerprint density at radius 3 is 2.79 bits per heavy atom. The first-order valence-corrected chi connectivity index (χ1v) is 9.59. The number of benzene rings is 1. The second-order valence-electron chi connectivity index (χ2n) is 6.26. The molecule has 1 aromatic carbocycles. The second kappa shape index (κ2) is 8.63. The van der Waals surface area contributed by atoms with E-state index in [2.05, 4.69) is 10.3 Å². The van der Waals surface area contributed by atoms with Gasteiger partial charge in [0.2, 0.25) is 5.91 Å². The van der Waals surface area contributed by atoms with Crippen LogP contribution in [-0.2, 0) is 25.5 Å². The highest BCUT2D eigenvalue weighted by Gasteiger charge is 2.25. The molecule has 144 valence electrons. The van der Waals surface area contributed by atoms with Gasteiger partial charge < -0.3 is 10.1 Å². The number of carbonyl (C=O) groups excluding carboxylic acids is 3. The molecule has 3 rings (SSSR count). The van der Waals surface area contributed by atoms with Crippen LogP contribution in [0.4, 0.5) is 10.8 Å². The number of anilines is 2. The molecule has 28 heavy (non-hydrogen) atoms. The van der Waals surface area contributed by atoms with E-state index in [1.54, 1.807) is 34.5 Å². The smallest absolute Gasteiger partial charge is 0.312 e. The number of ether oxygens (including phenoxy) is 1. The molecule has 0 aliphatic carbocycles. The Labute approximate surface area is 165 Å². The summed E-state index contributed by atoms with van der Waals surface area (Å²) in [6.45, 7) is 2.12. The van der Waals surface area contributed by atoms with Crippen LogP contribution >= 0.6 is 11.3 Å². The number of amides is 2. The summed E-state index contributed by atoms with van der Waals surface area (Å²) in [6, 6.07) is 8.35. The van der Waals surface area contributed by atoms with Crippen LogP contribution in [0, 0.1) is 11.3 Å². The van der Waals surface area contributed by atoms with Crippen LogP contribution in [0.5, 0.6) is 0 Å². The van der Waals surface area contributed by atoms with Gasteiger partial charge in [0.1, 0.15) is 0 Å². The summed E-state index contributed by atoms with van der Waals surface area (Å²) >= 11 is 1.31. The van der Waals surface area contributed by atoms with Gasteiger partial charge in [0.05, 0.1) is 23.7 Å². The number of hydrogen-bond acceptors (Lipinski definition) is 7. The van der Waals surface area contributed by atoms with Crippen molar-refractivity contribution in [3.05, 3.63) is 40.9 Å². The normalized spacial score (nSPS) is 14.4. The number of hydrogen-bond donors (Lipinski definition) is 1. The summed E-state index contributed by atoms with van der Waals surface area (Å²) in [5, 5.41) is 13.7. The van der Waals surface area contributed by atoms with Crippen molar-refractivity contribution in [2.75, 3.05) is 16.8 Å². The summed E-state index contributed by atoms with van der Waals surface area (Å²) in [5.74, 6) is -1.01. The van der Waals surface area contributed by atoms with Crippen molar-refractivity contribution >= 4 is 39.9 Å². The lowest BCUT2D eigenvalue weighted by atomic mass is 10.2. The molecule has 2 heterocycles. The van der Waals surface area contributed by atoms with Crippen LogP contribution in [-0.4, -0.2) is 35.4 Å². The summed E-state index contributed by atoms with van der Waals surface area (Å²) in [4.78, 5) is 41.9. The largest absolute Gasteiger partial charge is 0.452 e. The van der Waals surface area contributed by atoms with Crippen LogP contribution < -0.4 is 10.2 Å². The topological polar surface area (TPSA) is 112 Å². The Morgan fingerprint density at radius 1 is 1.39 bits per heavy atom. The zero-order chi connectivity index (χ0) is 20.1. The van der Waals surface area contributed by atoms with Crippen molar-refractivity contribution in [3.8, 4) is 6.07 Å². The maximum atomic E-state index is 12.2. The first-order valence-electron chi connectivity index (χ1n) is 8.71. The molecule has 2 amide bonds. The first kappa shape index (κ1) is 19.5. The molecule has 1 atom stereocenters. The molecule has 0 saturated carbocycles. The van der Waals surface area contributed by atoms with Crippen LogP contribution in [0.2, 0.25) is 0 Å². The molecular formula is C19H18N4O4S. The third-order valence-corrected chi connectivity index (χ3v) is 5.04. The molecule has 1 fully saturated rings. The fraction of sp³-hybridized carbons (Fsp3) is 0.316. The van der Waals surface area contributed by atoms with Crippen molar-refractivity contribution in [1.82, 2.24) is 4.98 Å². The second-order valence-corrected chi connectivity index (χ2v) is 7.09. The lowest BCUT2D eigenvalue weighted by molar-refractivity contribution is -0.152. The van der Waals surface area contributed by atoms with Gasteiger partial charge in [-0.05, 0) is 37.6 Å². The number of nitrogens with one attached hydrogen (secondary N) is 1. The Morgan fingerprint density at radius 2 is 2.14 bits per heavy atom. The molecule has 1 aliphatic rings. The summed E-state index contributed by atoms with van der Waals surface area (Å²) in [6.07, 6.45) is 0.263. The van der Waals surface area contributed by atoms with Gasteiger partial charge in [-0.3, -0.25) is 19.3 Å². The van der Waals surface area contributed by atoms with Gasteiger partial charge in [-0.1, -0.05) is 0 Å². The van der Waals surface area contributed by atoms with Gasteiger partial charge in [0, 0.05) is 24.0 Å². The third-order valence-electron chi connectivity index (χ3n) is 4.13. The molecule has 1 N–H and O–H groups in total. The highest BCUT2D eigenvalue weighted by Crippen LogP contribution is 2.25. The first-order chi connectivity index (χ1) is 13.5. The molecule has 8 nitrogen and oxygen atoms in total. The third kappa shape index (κ3) is 4.72. The molecule has 9 heteroatoms. The minimum absolute atomic E-state index is 0.0385. The maximum Gasteiger partial charge on any atom is 0.312 e. The summed E-state index contributed by atoms with van der Waals surface area (Å²) in [5.41, 5.74) is 1.49. The molecule has 0 bridgehead atoms. The Bertz CT molecular complexity index is 932. The molecule has 0 unspecified atom stereocenters. The van der Waals surface area contributed by atoms with E-state index in [1.165, 1.54) is 18.3 Å². The molecule has 0 spiro atoms. The van der Waals surface area contributed by atoms with Crippen LogP contribution in [0.3, 0.4) is 0 Å². The monoisotopic (exact) mass is 398 g/mol. The Hall–Kier alpha value is -3.25. The van der Waals surface area contributed by atoms with E-state index in [0.29, 0.717) is 35.0 Å². The van der Waals surface area contributed by atoms with Gasteiger partial charge in [-0.25, -0.2) is 4.98 Å². The number of thiazole rings is 1. The molecule has 1 aromatic heterocycles. The minimum Gasteiger partial charge on any atom is -0.452 e. The van der Waals surface area contributed by atoms with Crippen molar-refractivity contribution in [3.63, 3.8) is 0 Å². The highest BCUT2D eigenvalue weighted by atomic mass is 32.1. The van der Waals surface area contributed by atoms with Crippen molar-refractivity contribution in [2.45, 2.75) is 32.3 Å². The minimum atomic E-state index is -0.985. The highest BCUT2D eigenvalue weighted by molar-refractivity contribution is 7.14. The number of nitriles is 1. The Kier molecular flexibility index (Phi) is 6.01. The zero-order valence-corrected chi connectivity index (χ0v) is 16.0. The molecule has 1 aliphatic heterocycles. The molecule has 1 saturated heterocycles. The van der Waals surface area contributed by atoms with Crippen molar-refractivity contribution in [1.29, 1.82) is 5.26 Å². The van der Waals surface area contributed by atoms with Crippen LogP contribution in [0.15, 0.2) is 29.6 Å². The maximum absolute atomic E-state index is 12.2. The van der Waals surface area contributed by atoms with E-state index in [-0.39, 0.29) is 12.3 Å². The lowest BCUT2D eigenvalue weighted by Crippen LogP contribution is -2.30. The van der Waals surface area contributed by atoms with Crippen molar-refractivity contribution < 1.29 is 19.1 Å². The number of esters is 1. The number of aromatic nitrogens is 1. The van der Waals surface area contributed by atoms with E-state index >= 15 is 0 Å². The Balaban J connectivity index is 1.51. The van der Waals surface area contributed by atoms with Gasteiger partial charge in [0.25, 0.3) is 5.91 Å². The van der Waals surface area contributed by atoms with Crippen LogP contribution in [0.1, 0.15) is 31.0 Å². The average Bonchev–Trinajstić information content (AvgIpc) is 3.30. The molecule has 0 radical (unpaired) electrons. The van der Waals surface area contributed by atoms with Gasteiger partial charge in [-0.2, -0.15) is 5.26 Å². The van der Waals surface area contributed by atoms with Crippen LogP contribution in [0.25, 0.3) is 0 Å². The SMILES string of the molecule is C[C@H](OC(=O)Cc1csc(N2CCCC2=O)n1)C(=O)Nc1ccc(C#N)cc1. The van der Waals surface area contributed by atoms with Crippen molar-refractivity contribution in [2.24, 2.45) is 0 Å². The van der Waals surface area contributed by atoms with E-state index in [0.717, 1.165) is 6.42 Å². The standard InChI is InChI=1S/C19H18N4O4S/c1-12(18(26)21-14-6-4-13(10-20)5-7-14)27-17(25)9-15-11-28-19(22-15)23-8-2-3-16(23)24/h4-7,11-12H,2-3,8-9H2,1H3,(H,21,26)/t12-/m0/s1. The molecule has 2 aromatic rings. The molecular weight excluding hydrogens is 380 g/mol. The fourth-order valence-corrected chi connectivity index (χ4v) is 3.53. The number of nitrogens with zero attached hydrogens (tertiary/aromatic N) is 3. The van der Waals surface area contributed by atoms with Gasteiger partial charge >= 0.3 is 5.97 Å². The summed E-state index contributed by atoms with van der Waals surface area (Å²) in [7, 11) is 0. The fourth-order valence-electron chi connectivity index (χ4n) is 2.66. The van der Waals surface area contributed by atoms with E-state index in [1.807, 2.05) is 6.07 Å². The quantitative estimate of drug-likeness (QED) is 0.747. The average molecular weight is 398 g/mol. The van der Waals surface area contributed by atoms with E-state index in [9.17, 15) is 14.4 Å². The predicted octanol–water partition coefficient (Wildman–Crippen LogP) is 2.25. The lowest BCUT2D eigenvalue weighted by Gasteiger charge is -2.13.